The minimum absolute atomic E-state index is 0.0236. The van der Waals surface area contributed by atoms with Crippen molar-refractivity contribution >= 4 is 33.9 Å². The molecule has 2 aromatic carbocycles. The lowest BCUT2D eigenvalue weighted by Crippen LogP contribution is -2.47. The third kappa shape index (κ3) is 9.47. The van der Waals surface area contributed by atoms with Crippen molar-refractivity contribution in [2.75, 3.05) is 44.9 Å². The number of carbonyl (C=O) groups is 1. The highest BCUT2D eigenvalue weighted by Crippen LogP contribution is 2.43. The number of aliphatic hydroxyl groups is 1. The van der Waals surface area contributed by atoms with Gasteiger partial charge in [0, 0.05) is 44.0 Å². The Morgan fingerprint density at radius 2 is 1.90 bits per heavy atom. The third-order valence-electron chi connectivity index (χ3n) is 12.6. The van der Waals surface area contributed by atoms with E-state index in [-0.39, 0.29) is 34.1 Å². The number of phenolic OH excluding ortho intramolecular Hbond substituents is 1. The molecule has 4 aromatic rings. The van der Waals surface area contributed by atoms with Gasteiger partial charge in [0.1, 0.15) is 35.2 Å². The van der Waals surface area contributed by atoms with Crippen LogP contribution < -0.4 is 15.0 Å². The van der Waals surface area contributed by atoms with Gasteiger partial charge in [0.2, 0.25) is 6.41 Å². The van der Waals surface area contributed by atoms with E-state index in [0.717, 1.165) is 70.2 Å². The Morgan fingerprint density at radius 1 is 1.07 bits per heavy atom. The van der Waals surface area contributed by atoms with E-state index in [1.807, 2.05) is 11.8 Å². The van der Waals surface area contributed by atoms with E-state index in [2.05, 4.69) is 41.0 Å². The van der Waals surface area contributed by atoms with Crippen molar-refractivity contribution in [1.82, 2.24) is 25.2 Å². The minimum Gasteiger partial charge on any atom is -0.508 e. The molecule has 11 nitrogen and oxygen atoms in total. The van der Waals surface area contributed by atoms with E-state index in [1.54, 1.807) is 13.2 Å². The summed E-state index contributed by atoms with van der Waals surface area (Å²) in [5.74, 6) is 0.0522. The number of amides is 1. The first kappa shape index (κ1) is 43.4. The van der Waals surface area contributed by atoms with Crippen LogP contribution in [0, 0.1) is 17.6 Å². The third-order valence-corrected chi connectivity index (χ3v) is 12.6. The predicted octanol–water partition coefficient (Wildman–Crippen LogP) is 8.10. The highest BCUT2D eigenvalue weighted by Gasteiger charge is 2.49. The van der Waals surface area contributed by atoms with Crippen molar-refractivity contribution in [3.05, 3.63) is 47.7 Å². The minimum atomic E-state index is -0.710. The monoisotopic (exact) mass is 804 g/mol. The summed E-state index contributed by atoms with van der Waals surface area (Å²) in [6.45, 7) is 11.5. The number of hydrogen-bond acceptors (Lipinski definition) is 10. The Labute approximate surface area is 341 Å². The number of aliphatic hydroxyl groups excluding tert-OH is 1. The number of pyridine rings is 1. The van der Waals surface area contributed by atoms with Crippen molar-refractivity contribution in [1.29, 1.82) is 0 Å². The van der Waals surface area contributed by atoms with Gasteiger partial charge in [-0.3, -0.25) is 14.7 Å². The van der Waals surface area contributed by atoms with Gasteiger partial charge in [-0.05, 0) is 111 Å². The molecule has 3 saturated heterocycles. The van der Waals surface area contributed by atoms with Crippen LogP contribution in [0.25, 0.3) is 32.9 Å². The van der Waals surface area contributed by atoms with Gasteiger partial charge in [-0.1, -0.05) is 46.6 Å². The van der Waals surface area contributed by atoms with Crippen LogP contribution in [0.3, 0.4) is 0 Å². The molecule has 3 fully saturated rings. The van der Waals surface area contributed by atoms with Crippen LogP contribution in [0.5, 0.6) is 11.8 Å². The Hall–Kier alpha value is -4.20. The van der Waals surface area contributed by atoms with E-state index in [1.165, 1.54) is 37.2 Å². The van der Waals surface area contributed by atoms with Crippen molar-refractivity contribution in [2.45, 2.75) is 128 Å². The van der Waals surface area contributed by atoms with E-state index < -0.39 is 17.7 Å². The SMILES string of the molecule is CCCC(CCC(C)CC)NC=O.CCc1c(F)ccc2cc(O)cc(-c3ncc4c(N5CCCC(O)C5)nc(OCC56CCCN5C(COC)CC6)nc4c3F)c12. The maximum atomic E-state index is 16.8. The first-order chi connectivity index (χ1) is 28.1. The smallest absolute Gasteiger partial charge is 0.319 e. The normalized spacial score (nSPS) is 21.8. The van der Waals surface area contributed by atoms with Gasteiger partial charge in [-0.25, -0.2) is 8.78 Å². The van der Waals surface area contributed by atoms with Crippen molar-refractivity contribution in [3.63, 3.8) is 0 Å². The zero-order chi connectivity index (χ0) is 41.4. The maximum Gasteiger partial charge on any atom is 0.319 e. The van der Waals surface area contributed by atoms with Crippen molar-refractivity contribution in [2.24, 2.45) is 5.92 Å². The second kappa shape index (κ2) is 19.7. The number of carbonyl (C=O) groups excluding carboxylic acids is 1. The molecule has 0 saturated carbocycles. The van der Waals surface area contributed by atoms with Gasteiger partial charge in [0.15, 0.2) is 5.82 Å². The molecule has 3 aliphatic heterocycles. The Morgan fingerprint density at radius 3 is 2.62 bits per heavy atom. The molecule has 316 valence electrons. The number of anilines is 1. The number of nitrogens with one attached hydrogen (secondary N) is 1. The van der Waals surface area contributed by atoms with Gasteiger partial charge in [-0.15, -0.1) is 0 Å². The molecule has 58 heavy (non-hydrogen) atoms. The summed E-state index contributed by atoms with van der Waals surface area (Å²) in [5.41, 5.74) is 0.535. The number of methoxy groups -OCH3 is 1. The maximum absolute atomic E-state index is 16.8. The summed E-state index contributed by atoms with van der Waals surface area (Å²) >= 11 is 0. The van der Waals surface area contributed by atoms with E-state index in [9.17, 15) is 19.4 Å². The van der Waals surface area contributed by atoms with Gasteiger partial charge < -0.3 is 29.9 Å². The molecule has 5 heterocycles. The number of aryl methyl sites for hydroxylation is 1. The lowest BCUT2D eigenvalue weighted by atomic mass is 9.94. The number of piperidine rings is 1. The Balaban J connectivity index is 0.000000377. The van der Waals surface area contributed by atoms with Crippen LogP contribution in [-0.4, -0.2) is 100 Å². The molecule has 5 unspecified atom stereocenters. The Kier molecular flexibility index (Phi) is 14.7. The van der Waals surface area contributed by atoms with Crippen molar-refractivity contribution < 1.29 is 33.3 Å². The van der Waals surface area contributed by atoms with Gasteiger partial charge in [-0.2, -0.15) is 9.97 Å². The topological polar surface area (TPSA) is 133 Å². The highest BCUT2D eigenvalue weighted by atomic mass is 19.1. The number of fused-ring (bicyclic) bond motifs is 3. The largest absolute Gasteiger partial charge is 0.508 e. The zero-order valence-electron chi connectivity index (χ0n) is 34.9. The van der Waals surface area contributed by atoms with Gasteiger partial charge >= 0.3 is 6.01 Å². The predicted molar refractivity (Wildman–Crippen MR) is 224 cm³/mol. The number of aromatic nitrogens is 3. The second-order valence-electron chi connectivity index (χ2n) is 16.5. The lowest BCUT2D eigenvalue weighted by molar-refractivity contribution is -0.110. The molecule has 13 heteroatoms. The van der Waals surface area contributed by atoms with Crippen LogP contribution in [0.1, 0.15) is 104 Å². The van der Waals surface area contributed by atoms with E-state index >= 15 is 4.39 Å². The number of aromatic hydroxyl groups is 1. The number of rotatable bonds is 16. The molecular weight excluding hydrogens is 743 g/mol. The molecule has 7 rings (SSSR count). The quantitative estimate of drug-likeness (QED) is 0.0955. The molecule has 5 atom stereocenters. The second-order valence-corrected chi connectivity index (χ2v) is 16.5. The number of halogens is 2. The fraction of sp³-hybridized carbons (Fsp3) is 0.600. The zero-order valence-corrected chi connectivity index (χ0v) is 34.9. The Bertz CT molecular complexity index is 2020. The summed E-state index contributed by atoms with van der Waals surface area (Å²) in [7, 11) is 1.73. The first-order valence-electron chi connectivity index (χ1n) is 21.4. The molecule has 0 radical (unpaired) electrons. The van der Waals surface area contributed by atoms with Gasteiger partial charge in [0.05, 0.1) is 23.6 Å². The summed E-state index contributed by atoms with van der Waals surface area (Å²) < 4.78 is 43.5. The average molecular weight is 805 g/mol. The average Bonchev–Trinajstić information content (AvgIpc) is 3.79. The lowest BCUT2D eigenvalue weighted by Gasteiger charge is -2.34. The molecule has 0 bridgehead atoms. The van der Waals surface area contributed by atoms with E-state index in [0.29, 0.717) is 78.8 Å². The first-order valence-corrected chi connectivity index (χ1v) is 21.4. The molecule has 2 aromatic heterocycles. The molecule has 1 amide bonds. The fourth-order valence-corrected chi connectivity index (χ4v) is 9.32. The summed E-state index contributed by atoms with van der Waals surface area (Å²) in [6.07, 6.45) is 13.5. The van der Waals surface area contributed by atoms with Crippen LogP contribution in [0.4, 0.5) is 14.6 Å². The van der Waals surface area contributed by atoms with Gasteiger partial charge in [0.25, 0.3) is 0 Å². The van der Waals surface area contributed by atoms with Crippen LogP contribution in [0.2, 0.25) is 0 Å². The van der Waals surface area contributed by atoms with Crippen LogP contribution in [-0.2, 0) is 16.0 Å². The van der Waals surface area contributed by atoms with Crippen LogP contribution in [0.15, 0.2) is 30.5 Å². The standard InChI is InChI=1S/C34H39F2N5O4.C11H23NO/c1-3-24-27(35)8-7-20-14-23(43)15-25(28(20)24)30-29(36)31-26(16-37-30)32(40-12-4-6-22(42)17-40)39-33(38-31)45-19-34-10-5-13-41(34)21(9-11-34)18-44-2;1-4-6-11(12-9-13)8-7-10(3)5-2/h7-8,14-16,21-22,42-43H,3-6,9-13,17-19H2,1-2H3;9-11H,4-8H2,1-3H3,(H,12,13). The summed E-state index contributed by atoms with van der Waals surface area (Å²) in [5, 5.41) is 25.4. The summed E-state index contributed by atoms with van der Waals surface area (Å²) in [4.78, 5) is 28.6. The molecule has 3 aliphatic rings. The molecule has 0 spiro atoms. The number of hydrogen-bond donors (Lipinski definition) is 3. The molecule has 3 N–H and O–H groups in total. The van der Waals surface area contributed by atoms with Crippen molar-refractivity contribution in [3.8, 4) is 23.0 Å². The number of ether oxygens (including phenoxy) is 2. The number of nitrogens with zero attached hydrogens (tertiary/aromatic N) is 5. The highest BCUT2D eigenvalue weighted by molar-refractivity contribution is 6.01. The van der Waals surface area contributed by atoms with E-state index in [4.69, 9.17) is 14.5 Å². The molecular formula is C45H62F2N6O5. The summed E-state index contributed by atoms with van der Waals surface area (Å²) in [6, 6.07) is 6.69. The molecule has 0 aliphatic carbocycles. The number of phenols is 1. The number of benzene rings is 2. The fourth-order valence-electron chi connectivity index (χ4n) is 9.32. The number of β-amino-alcohol motifs (C(OH)–C–C–N with tert-alkyl or cyclic N) is 1. The van der Waals surface area contributed by atoms with Crippen LogP contribution >= 0.6 is 0 Å².